The second-order valence-corrected chi connectivity index (χ2v) is 13.7. The van der Waals surface area contributed by atoms with E-state index in [1.54, 1.807) is 14.2 Å². The number of methoxy groups -OCH3 is 2. The van der Waals surface area contributed by atoms with Crippen molar-refractivity contribution in [1.82, 2.24) is 0 Å². The van der Waals surface area contributed by atoms with E-state index in [-0.39, 0.29) is 36.5 Å². The zero-order valence-electron chi connectivity index (χ0n) is 27.1. The Morgan fingerprint density at radius 2 is 1.77 bits per heavy atom. The van der Waals surface area contributed by atoms with E-state index < -0.39 is 58.5 Å². The summed E-state index contributed by atoms with van der Waals surface area (Å²) in [7, 11) is 3.30. The van der Waals surface area contributed by atoms with Crippen LogP contribution in [0.4, 0.5) is 0 Å². The first kappa shape index (κ1) is 32.9. The number of aromatic hydroxyl groups is 1. The number of carbonyl (C=O) groups is 4. The molecular formula is C38H42O9. The Morgan fingerprint density at radius 1 is 1.00 bits per heavy atom. The van der Waals surface area contributed by atoms with Gasteiger partial charge in [-0.1, -0.05) is 23.5 Å². The maximum absolute atomic E-state index is 14.3. The number of ketones is 4. The van der Waals surface area contributed by atoms with Gasteiger partial charge in [0.25, 0.3) is 0 Å². The van der Waals surface area contributed by atoms with Crippen molar-refractivity contribution >= 4 is 23.1 Å². The van der Waals surface area contributed by atoms with Crippen LogP contribution in [0.5, 0.6) is 5.75 Å². The third-order valence-electron chi connectivity index (χ3n) is 11.0. The average Bonchev–Trinajstić information content (AvgIpc) is 3.05. The van der Waals surface area contributed by atoms with Crippen LogP contribution in [0.2, 0.25) is 0 Å². The van der Waals surface area contributed by atoms with Crippen LogP contribution in [0, 0.1) is 41.4 Å². The van der Waals surface area contributed by atoms with E-state index in [2.05, 4.69) is 17.9 Å². The van der Waals surface area contributed by atoms with E-state index in [9.17, 15) is 34.5 Å². The zero-order chi connectivity index (χ0) is 33.6. The number of aliphatic hydroxyl groups excluding tert-OH is 1. The molecule has 2 fully saturated rings. The summed E-state index contributed by atoms with van der Waals surface area (Å²) in [6, 6.07) is 1.86. The van der Waals surface area contributed by atoms with E-state index in [4.69, 9.17) is 9.47 Å². The molecule has 248 valence electrons. The van der Waals surface area contributed by atoms with Crippen molar-refractivity contribution < 1.29 is 44.0 Å². The van der Waals surface area contributed by atoms with Crippen molar-refractivity contribution in [2.45, 2.75) is 82.8 Å². The predicted octanol–water partition coefficient (Wildman–Crippen LogP) is 4.09. The van der Waals surface area contributed by atoms with Gasteiger partial charge in [0.05, 0.1) is 48.9 Å². The van der Waals surface area contributed by atoms with Gasteiger partial charge in [0.15, 0.2) is 23.0 Å². The molecule has 9 heteroatoms. The molecule has 5 aliphatic carbocycles. The molecule has 0 amide bonds. The van der Waals surface area contributed by atoms with Gasteiger partial charge in [0, 0.05) is 31.1 Å². The summed E-state index contributed by atoms with van der Waals surface area (Å²) in [6.07, 6.45) is 10.1. The molecule has 0 aromatic heterocycles. The van der Waals surface area contributed by atoms with E-state index >= 15 is 0 Å². The molecule has 0 bridgehead atoms. The molecule has 9 nitrogen and oxygen atoms in total. The number of fused-ring (bicyclic) bond motifs is 3. The van der Waals surface area contributed by atoms with Gasteiger partial charge in [-0.25, -0.2) is 0 Å². The number of phenols is 1. The maximum Gasteiger partial charge on any atom is 0.186 e. The molecule has 7 atom stereocenters. The quantitative estimate of drug-likeness (QED) is 0.308. The van der Waals surface area contributed by atoms with Gasteiger partial charge in [-0.05, 0) is 87.1 Å². The third kappa shape index (κ3) is 5.76. The Kier molecular flexibility index (Phi) is 9.03. The molecule has 6 rings (SSSR count). The number of hydrogen-bond donors (Lipinski definition) is 3. The number of aliphatic hydroxyl groups is 2. The highest BCUT2D eigenvalue weighted by molar-refractivity contribution is 6.26. The molecule has 2 saturated carbocycles. The zero-order valence-corrected chi connectivity index (χ0v) is 27.1. The number of aryl methyl sites for hydroxylation is 1. The summed E-state index contributed by atoms with van der Waals surface area (Å²) >= 11 is 0. The van der Waals surface area contributed by atoms with Gasteiger partial charge in [-0.2, -0.15) is 0 Å². The molecule has 5 aliphatic rings. The summed E-state index contributed by atoms with van der Waals surface area (Å²) in [5, 5.41) is 33.4. The molecule has 0 spiro atoms. The average molecular weight is 643 g/mol. The first-order valence-electron chi connectivity index (χ1n) is 16.6. The third-order valence-corrected chi connectivity index (χ3v) is 11.0. The van der Waals surface area contributed by atoms with Crippen LogP contribution in [0.1, 0.15) is 85.3 Å². The van der Waals surface area contributed by atoms with Crippen molar-refractivity contribution in [1.29, 1.82) is 0 Å². The molecule has 4 unspecified atom stereocenters. The van der Waals surface area contributed by atoms with Gasteiger partial charge in [0.2, 0.25) is 0 Å². The Bertz CT molecular complexity index is 1680. The summed E-state index contributed by atoms with van der Waals surface area (Å²) in [6.45, 7) is 1.28. The van der Waals surface area contributed by atoms with Crippen LogP contribution in [-0.4, -0.2) is 64.4 Å². The molecule has 0 aliphatic heterocycles. The number of hydrogen-bond acceptors (Lipinski definition) is 9. The molecule has 1 aromatic carbocycles. The minimum atomic E-state index is -2.54. The Hall–Kier alpha value is -4.00. The number of allylic oxidation sites excluding steroid dienone is 6. The molecule has 3 N–H and O–H groups in total. The van der Waals surface area contributed by atoms with Gasteiger partial charge >= 0.3 is 0 Å². The number of ether oxygens (including phenoxy) is 2. The first-order chi connectivity index (χ1) is 22.5. The van der Waals surface area contributed by atoms with Crippen molar-refractivity contribution in [3.8, 4) is 17.6 Å². The second-order valence-electron chi connectivity index (χ2n) is 13.7. The minimum Gasteiger partial charge on any atom is -0.506 e. The highest BCUT2D eigenvalue weighted by Gasteiger charge is 2.65. The number of phenolic OH excluding ortho intramolecular Hbond substituents is 1. The molecule has 0 saturated heterocycles. The number of benzene rings is 1. The summed E-state index contributed by atoms with van der Waals surface area (Å²) < 4.78 is 10.7. The van der Waals surface area contributed by atoms with Gasteiger partial charge in [-0.15, -0.1) is 0 Å². The van der Waals surface area contributed by atoms with Gasteiger partial charge < -0.3 is 24.8 Å². The van der Waals surface area contributed by atoms with Crippen LogP contribution in [-0.2, 0) is 36.7 Å². The number of Topliss-reactive ketones (excluding diaryl/α,β-unsaturated/α-hetero) is 4. The van der Waals surface area contributed by atoms with E-state index in [1.165, 1.54) is 12.5 Å². The fraction of sp³-hybridized carbons (Fsp3) is 0.526. The van der Waals surface area contributed by atoms with E-state index in [0.717, 1.165) is 49.2 Å². The predicted molar refractivity (Wildman–Crippen MR) is 171 cm³/mol. The highest BCUT2D eigenvalue weighted by atomic mass is 16.5. The van der Waals surface area contributed by atoms with Crippen LogP contribution in [0.15, 0.2) is 41.4 Å². The van der Waals surface area contributed by atoms with Crippen LogP contribution < -0.4 is 0 Å². The first-order valence-corrected chi connectivity index (χ1v) is 16.6. The van der Waals surface area contributed by atoms with E-state index in [1.807, 2.05) is 18.2 Å². The lowest BCUT2D eigenvalue weighted by molar-refractivity contribution is -0.177. The normalized spacial score (nSPS) is 30.8. The summed E-state index contributed by atoms with van der Waals surface area (Å²) in [5.41, 5.74) is 0.534. The van der Waals surface area contributed by atoms with Crippen LogP contribution >= 0.6 is 0 Å². The standard InChI is InChI=1S/C38H42O9/c1-20(39)31-30(40)19-26-17-25-18-29-23(10-4-21-6-12-27(46-2)13-7-21)16-24(11-5-22-8-14-28(47-3)15-9-22)34(41)33(29)35(42)32(25)37(44)38(26,45)36(31)43/h6,12,14,16,20,22,25-26,31-32,39,41,45H,4,7-10,13,15,17-19H2,1-3H3/t20?,22?,25-,26+,31?,32?,38-/m1/s1. The minimum absolute atomic E-state index is 0.0271. The Labute approximate surface area is 274 Å². The fourth-order valence-corrected chi connectivity index (χ4v) is 8.30. The van der Waals surface area contributed by atoms with Crippen molar-refractivity contribution in [3.63, 3.8) is 0 Å². The number of carbonyl (C=O) groups excluding carboxylic acids is 4. The SMILES string of the molecule is COC1=CC=C(CCc2cc(C#CC3CC=C(OC)CC3)c(O)c3c2C[C@H]2C[C@H]4CC(=O)C(C(C)O)C(=O)[C@@]4(O)C(=O)C2C3=O)CC1. The topological polar surface area (TPSA) is 147 Å². The smallest absolute Gasteiger partial charge is 0.186 e. The maximum atomic E-state index is 14.3. The van der Waals surface area contributed by atoms with Crippen LogP contribution in [0.25, 0.3) is 0 Å². The second kappa shape index (κ2) is 12.9. The highest BCUT2D eigenvalue weighted by Crippen LogP contribution is 2.51. The largest absolute Gasteiger partial charge is 0.506 e. The molecule has 0 radical (unpaired) electrons. The van der Waals surface area contributed by atoms with Crippen molar-refractivity contribution in [3.05, 3.63) is 63.6 Å². The van der Waals surface area contributed by atoms with Gasteiger partial charge in [-0.3, -0.25) is 19.2 Å². The Balaban J connectivity index is 1.38. The fourth-order valence-electron chi connectivity index (χ4n) is 8.30. The van der Waals surface area contributed by atoms with Crippen LogP contribution in [0.3, 0.4) is 0 Å². The van der Waals surface area contributed by atoms with Crippen molar-refractivity contribution in [2.24, 2.45) is 29.6 Å². The summed E-state index contributed by atoms with van der Waals surface area (Å²) in [4.78, 5) is 54.6. The van der Waals surface area contributed by atoms with Gasteiger partial charge in [0.1, 0.15) is 17.5 Å². The molecule has 1 aromatic rings. The number of rotatable bonds is 6. The monoisotopic (exact) mass is 642 g/mol. The molecular weight excluding hydrogens is 600 g/mol. The Morgan fingerprint density at radius 3 is 2.40 bits per heavy atom. The molecule has 47 heavy (non-hydrogen) atoms. The molecule has 0 heterocycles. The van der Waals surface area contributed by atoms with Crippen molar-refractivity contribution in [2.75, 3.05) is 14.2 Å². The summed E-state index contributed by atoms with van der Waals surface area (Å²) in [5.74, 6) is 0.478. The lowest BCUT2D eigenvalue weighted by Gasteiger charge is -2.49. The lowest BCUT2D eigenvalue weighted by atomic mass is 9.53. The van der Waals surface area contributed by atoms with E-state index in [0.29, 0.717) is 24.0 Å². The lowest BCUT2D eigenvalue weighted by Crippen LogP contribution is -2.68.